The number of benzene rings is 2. The van der Waals surface area contributed by atoms with Crippen molar-refractivity contribution in [1.29, 1.82) is 0 Å². The third kappa shape index (κ3) is 3.25. The van der Waals surface area contributed by atoms with Crippen LogP contribution in [0.3, 0.4) is 0 Å². The summed E-state index contributed by atoms with van der Waals surface area (Å²) in [7, 11) is 0. The van der Waals surface area contributed by atoms with Gasteiger partial charge in [0.15, 0.2) is 23.0 Å². The molecule has 0 radical (unpaired) electrons. The first-order valence-corrected chi connectivity index (χ1v) is 8.30. The molecule has 0 aliphatic carbocycles. The van der Waals surface area contributed by atoms with E-state index in [2.05, 4.69) is 26.5 Å². The summed E-state index contributed by atoms with van der Waals surface area (Å²) in [5, 5.41) is 3.96. The van der Waals surface area contributed by atoms with Gasteiger partial charge in [0.1, 0.15) is 6.61 Å². The molecule has 0 fully saturated rings. The van der Waals surface area contributed by atoms with Crippen molar-refractivity contribution in [1.82, 2.24) is 5.43 Å². The summed E-state index contributed by atoms with van der Waals surface area (Å²) in [6, 6.07) is 10.8. The molecule has 0 bridgehead atoms. The largest absolute Gasteiger partial charge is 0.485 e. The van der Waals surface area contributed by atoms with Crippen LogP contribution in [-0.2, 0) is 4.79 Å². The molecule has 128 valence electrons. The average Bonchev–Trinajstić information content (AvgIpc) is 3.10. The molecular weight excluding hydrogens is 392 g/mol. The van der Waals surface area contributed by atoms with Gasteiger partial charge in [0.2, 0.25) is 12.9 Å². The van der Waals surface area contributed by atoms with Crippen LogP contribution in [0.2, 0.25) is 0 Å². The molecule has 4 rings (SSSR count). The van der Waals surface area contributed by atoms with Gasteiger partial charge in [-0.25, -0.2) is 5.43 Å². The Hall–Kier alpha value is -2.74. The van der Waals surface area contributed by atoms with Gasteiger partial charge in [-0.05, 0) is 45.8 Å². The molecule has 7 nitrogen and oxygen atoms in total. The number of nitrogens with one attached hydrogen (secondary N) is 1. The summed E-state index contributed by atoms with van der Waals surface area (Å²) in [5.74, 6) is 2.07. The van der Waals surface area contributed by atoms with Crippen molar-refractivity contribution in [3.05, 3.63) is 46.4 Å². The van der Waals surface area contributed by atoms with E-state index in [1.807, 2.05) is 18.2 Å². The molecule has 1 N–H and O–H groups in total. The second-order valence-electron chi connectivity index (χ2n) is 5.33. The van der Waals surface area contributed by atoms with Crippen LogP contribution in [0.1, 0.15) is 5.56 Å². The van der Waals surface area contributed by atoms with Gasteiger partial charge >= 0.3 is 0 Å². The van der Waals surface area contributed by atoms with E-state index in [-0.39, 0.29) is 19.3 Å². The van der Waals surface area contributed by atoms with Crippen LogP contribution in [0.5, 0.6) is 23.0 Å². The normalized spacial score (nSPS) is 17.6. The van der Waals surface area contributed by atoms with Gasteiger partial charge in [0.25, 0.3) is 5.91 Å². The quantitative estimate of drug-likeness (QED) is 0.627. The van der Waals surface area contributed by atoms with Gasteiger partial charge < -0.3 is 18.9 Å². The van der Waals surface area contributed by atoms with Gasteiger partial charge in [0.05, 0.1) is 10.7 Å². The Morgan fingerprint density at radius 2 is 2.00 bits per heavy atom. The molecule has 2 aliphatic rings. The zero-order chi connectivity index (χ0) is 17.2. The fourth-order valence-electron chi connectivity index (χ4n) is 2.45. The zero-order valence-electron chi connectivity index (χ0n) is 12.9. The maximum Gasteiger partial charge on any atom is 0.284 e. The lowest BCUT2D eigenvalue weighted by Crippen LogP contribution is -2.42. The van der Waals surface area contributed by atoms with Gasteiger partial charge in [0, 0.05) is 0 Å². The monoisotopic (exact) mass is 404 g/mol. The lowest BCUT2D eigenvalue weighted by molar-refractivity contribution is -0.130. The standard InChI is InChI=1S/C17H13BrN2O5/c18-11-5-10(6-14-16(11)24-9-23-14)7-19-20-17(21)15-8-22-12-3-1-2-4-13(12)25-15/h1-7,15H,8-9H2,(H,20,21)/b19-7-/t15-/m1/s1. The molecular formula is C17H13BrN2O5. The number of amides is 1. The van der Waals surface area contributed by atoms with Gasteiger partial charge in [-0.1, -0.05) is 12.1 Å². The highest BCUT2D eigenvalue weighted by Crippen LogP contribution is 2.39. The average molecular weight is 405 g/mol. The third-order valence-corrected chi connectivity index (χ3v) is 4.23. The maximum absolute atomic E-state index is 12.2. The van der Waals surface area contributed by atoms with Crippen molar-refractivity contribution < 1.29 is 23.7 Å². The predicted octanol–water partition coefficient (Wildman–Crippen LogP) is 2.47. The summed E-state index contributed by atoms with van der Waals surface area (Å²) in [6.45, 7) is 0.319. The van der Waals surface area contributed by atoms with E-state index in [0.717, 1.165) is 10.0 Å². The second kappa shape index (κ2) is 6.64. The second-order valence-corrected chi connectivity index (χ2v) is 6.19. The first-order chi connectivity index (χ1) is 12.2. The van der Waals surface area contributed by atoms with Crippen LogP contribution in [0.15, 0.2) is 46.0 Å². The van der Waals surface area contributed by atoms with Crippen molar-refractivity contribution in [2.24, 2.45) is 5.10 Å². The van der Waals surface area contributed by atoms with Crippen molar-refractivity contribution in [3.63, 3.8) is 0 Å². The highest BCUT2D eigenvalue weighted by molar-refractivity contribution is 9.10. The minimum absolute atomic E-state index is 0.133. The summed E-state index contributed by atoms with van der Waals surface area (Å²) >= 11 is 3.41. The number of halogens is 1. The van der Waals surface area contributed by atoms with E-state index >= 15 is 0 Å². The Balaban J connectivity index is 1.39. The van der Waals surface area contributed by atoms with Crippen LogP contribution in [-0.4, -0.2) is 31.6 Å². The number of hydrazone groups is 1. The highest BCUT2D eigenvalue weighted by atomic mass is 79.9. The third-order valence-electron chi connectivity index (χ3n) is 3.64. The zero-order valence-corrected chi connectivity index (χ0v) is 14.5. The number of rotatable bonds is 3. The van der Waals surface area contributed by atoms with E-state index in [9.17, 15) is 4.79 Å². The van der Waals surface area contributed by atoms with E-state index in [0.29, 0.717) is 23.0 Å². The number of carbonyl (C=O) groups is 1. The summed E-state index contributed by atoms with van der Waals surface area (Å²) in [6.07, 6.45) is 0.762. The molecule has 25 heavy (non-hydrogen) atoms. The summed E-state index contributed by atoms with van der Waals surface area (Å²) in [5.41, 5.74) is 3.21. The number of carbonyl (C=O) groups excluding carboxylic acids is 1. The highest BCUT2D eigenvalue weighted by Gasteiger charge is 2.27. The van der Waals surface area contributed by atoms with Crippen LogP contribution in [0.4, 0.5) is 0 Å². The molecule has 2 aromatic carbocycles. The van der Waals surface area contributed by atoms with Crippen molar-refractivity contribution in [2.45, 2.75) is 6.10 Å². The number of nitrogens with zero attached hydrogens (tertiary/aromatic N) is 1. The molecule has 8 heteroatoms. The Morgan fingerprint density at radius 1 is 1.16 bits per heavy atom. The molecule has 0 saturated heterocycles. The van der Waals surface area contributed by atoms with E-state index < -0.39 is 6.10 Å². The van der Waals surface area contributed by atoms with Crippen molar-refractivity contribution in [2.75, 3.05) is 13.4 Å². The Labute approximate surface area is 151 Å². The predicted molar refractivity (Wildman–Crippen MR) is 92.4 cm³/mol. The van der Waals surface area contributed by atoms with E-state index in [1.165, 1.54) is 6.21 Å². The van der Waals surface area contributed by atoms with Crippen molar-refractivity contribution in [3.8, 4) is 23.0 Å². The van der Waals surface area contributed by atoms with Crippen LogP contribution < -0.4 is 24.4 Å². The minimum atomic E-state index is -0.754. The lowest BCUT2D eigenvalue weighted by atomic mass is 10.2. The Bertz CT molecular complexity index is 855. The topological polar surface area (TPSA) is 78.4 Å². The number of ether oxygens (including phenoxy) is 4. The molecule has 0 unspecified atom stereocenters. The first-order valence-electron chi connectivity index (χ1n) is 7.51. The van der Waals surface area contributed by atoms with Gasteiger partial charge in [-0.15, -0.1) is 0 Å². The molecule has 0 saturated carbocycles. The minimum Gasteiger partial charge on any atom is -0.485 e. The summed E-state index contributed by atoms with van der Waals surface area (Å²) < 4.78 is 22.6. The van der Waals surface area contributed by atoms with Gasteiger partial charge in [-0.2, -0.15) is 5.10 Å². The number of hydrogen-bond donors (Lipinski definition) is 1. The maximum atomic E-state index is 12.2. The first kappa shape index (κ1) is 15.8. The van der Waals surface area contributed by atoms with Crippen LogP contribution in [0, 0.1) is 0 Å². The fraction of sp³-hybridized carbons (Fsp3) is 0.176. The number of hydrogen-bond acceptors (Lipinski definition) is 6. The SMILES string of the molecule is O=C(N/N=C\c1cc(Br)c2c(c1)OCO2)[C@H]1COc2ccccc2O1. The molecule has 1 amide bonds. The van der Waals surface area contributed by atoms with E-state index in [4.69, 9.17) is 18.9 Å². The van der Waals surface area contributed by atoms with Gasteiger partial charge in [-0.3, -0.25) is 4.79 Å². The molecule has 1 atom stereocenters. The van der Waals surface area contributed by atoms with Crippen LogP contribution in [0.25, 0.3) is 0 Å². The molecule has 0 aromatic heterocycles. The van der Waals surface area contributed by atoms with E-state index in [1.54, 1.807) is 18.2 Å². The lowest BCUT2D eigenvalue weighted by Gasteiger charge is -2.24. The number of fused-ring (bicyclic) bond motifs is 2. The van der Waals surface area contributed by atoms with Crippen molar-refractivity contribution >= 4 is 28.1 Å². The Morgan fingerprint density at radius 3 is 2.88 bits per heavy atom. The molecule has 2 aromatic rings. The van der Waals surface area contributed by atoms with Crippen LogP contribution >= 0.6 is 15.9 Å². The Kier molecular flexibility index (Phi) is 4.19. The number of para-hydroxylation sites is 2. The molecule has 0 spiro atoms. The molecule has 2 heterocycles. The summed E-state index contributed by atoms with van der Waals surface area (Å²) in [4.78, 5) is 12.2. The molecule has 2 aliphatic heterocycles. The smallest absolute Gasteiger partial charge is 0.284 e. The fourth-order valence-corrected chi connectivity index (χ4v) is 3.03.